The molecule has 0 N–H and O–H groups in total. The predicted molar refractivity (Wildman–Crippen MR) is 95.9 cm³/mol. The molecule has 1 aliphatic heterocycles. The van der Waals surface area contributed by atoms with Gasteiger partial charge >= 0.3 is 0 Å². The molecule has 1 aromatic rings. The van der Waals surface area contributed by atoms with Gasteiger partial charge in [-0.1, -0.05) is 37.0 Å². The van der Waals surface area contributed by atoms with Gasteiger partial charge in [-0.3, -0.25) is 4.90 Å². The van der Waals surface area contributed by atoms with Gasteiger partial charge in [0.1, 0.15) is 6.17 Å². The Labute approximate surface area is 141 Å². The molecular weight excluding hydrogens is 282 g/mol. The van der Waals surface area contributed by atoms with Crippen LogP contribution in [0.4, 0.5) is 5.69 Å². The molecular formula is C20H30N3. The summed E-state index contributed by atoms with van der Waals surface area (Å²) in [5, 5.41) is 5.02. The third kappa shape index (κ3) is 3.56. The van der Waals surface area contributed by atoms with Crippen LogP contribution in [-0.2, 0) is 0 Å². The summed E-state index contributed by atoms with van der Waals surface area (Å²) in [5.74, 6) is 0. The topological polar surface area (TPSA) is 20.6 Å². The van der Waals surface area contributed by atoms with Gasteiger partial charge in [0.25, 0.3) is 0 Å². The number of hydrogen-bond acceptors (Lipinski definition) is 2. The minimum atomic E-state index is 0.362. The number of anilines is 1. The molecule has 2 saturated carbocycles. The first kappa shape index (κ1) is 15.5. The first-order chi connectivity index (χ1) is 11.3. The van der Waals surface area contributed by atoms with Crippen molar-refractivity contribution in [3.63, 3.8) is 0 Å². The minimum Gasteiger partial charge on any atom is -0.350 e. The minimum absolute atomic E-state index is 0.362. The zero-order valence-electron chi connectivity index (χ0n) is 14.5. The lowest BCUT2D eigenvalue weighted by Gasteiger charge is -2.44. The number of hydrogen-bond donors (Lipinski definition) is 0. The van der Waals surface area contributed by atoms with E-state index in [-0.39, 0.29) is 0 Å². The van der Waals surface area contributed by atoms with Crippen LogP contribution >= 0.6 is 0 Å². The van der Waals surface area contributed by atoms with E-state index in [0.29, 0.717) is 6.17 Å². The molecule has 0 bridgehead atoms. The summed E-state index contributed by atoms with van der Waals surface area (Å²) in [6, 6.07) is 10.6. The molecule has 1 unspecified atom stereocenters. The maximum atomic E-state index is 5.02. The van der Waals surface area contributed by atoms with Crippen LogP contribution in [0.15, 0.2) is 24.3 Å². The van der Waals surface area contributed by atoms with Crippen LogP contribution < -0.4 is 10.2 Å². The van der Waals surface area contributed by atoms with Gasteiger partial charge in [-0.25, -0.2) is 5.32 Å². The summed E-state index contributed by atoms with van der Waals surface area (Å²) in [6.45, 7) is 5.49. The Morgan fingerprint density at radius 3 is 2.43 bits per heavy atom. The molecule has 0 spiro atoms. The van der Waals surface area contributed by atoms with Gasteiger partial charge in [-0.05, 0) is 44.7 Å². The highest BCUT2D eigenvalue weighted by Gasteiger charge is 2.37. The van der Waals surface area contributed by atoms with Crippen molar-refractivity contribution < 1.29 is 0 Å². The van der Waals surface area contributed by atoms with E-state index in [4.69, 9.17) is 5.32 Å². The third-order valence-corrected chi connectivity index (χ3v) is 5.81. The fraction of sp³-hybridized carbons (Fsp3) is 0.700. The SMILES string of the molecule is Cc1ccc(N(C2CC2)C2CN(C3CCCCC3)CC[N]2)cc1. The van der Waals surface area contributed by atoms with Gasteiger partial charge in [-0.15, -0.1) is 0 Å². The standard InChI is InChI=1S/C20H30N3/c1-16-7-9-18(10-8-16)23(19-11-12-19)20-15-22(14-13-21-20)17-5-3-2-4-6-17/h7-10,17,19-20H,2-6,11-15H2,1H3. The molecule has 1 saturated heterocycles. The van der Waals surface area contributed by atoms with Crippen LogP contribution in [0.5, 0.6) is 0 Å². The van der Waals surface area contributed by atoms with Crippen LogP contribution in [0.1, 0.15) is 50.5 Å². The lowest BCUT2D eigenvalue weighted by molar-refractivity contribution is 0.112. The second kappa shape index (κ2) is 6.82. The van der Waals surface area contributed by atoms with E-state index < -0.39 is 0 Å². The molecule has 125 valence electrons. The summed E-state index contributed by atoms with van der Waals surface area (Å²) in [7, 11) is 0. The number of piperazine rings is 1. The van der Waals surface area contributed by atoms with Crippen molar-refractivity contribution >= 4 is 5.69 Å². The van der Waals surface area contributed by atoms with E-state index in [9.17, 15) is 0 Å². The van der Waals surface area contributed by atoms with Crippen LogP contribution in [0.3, 0.4) is 0 Å². The molecule has 3 fully saturated rings. The molecule has 3 aliphatic rings. The Kier molecular flexibility index (Phi) is 4.59. The lowest BCUT2D eigenvalue weighted by atomic mass is 9.93. The average molecular weight is 312 g/mol. The van der Waals surface area contributed by atoms with Gasteiger partial charge < -0.3 is 4.90 Å². The van der Waals surface area contributed by atoms with Crippen LogP contribution in [0.2, 0.25) is 0 Å². The second-order valence-electron chi connectivity index (χ2n) is 7.65. The van der Waals surface area contributed by atoms with Crippen molar-refractivity contribution in [2.75, 3.05) is 24.5 Å². The Hall–Kier alpha value is -1.06. The molecule has 1 aromatic carbocycles. The molecule has 23 heavy (non-hydrogen) atoms. The molecule has 3 nitrogen and oxygen atoms in total. The number of benzene rings is 1. The van der Waals surface area contributed by atoms with E-state index >= 15 is 0 Å². The predicted octanol–water partition coefficient (Wildman–Crippen LogP) is 3.54. The zero-order valence-corrected chi connectivity index (χ0v) is 14.5. The molecule has 3 heteroatoms. The fourth-order valence-corrected chi connectivity index (χ4v) is 4.34. The molecule has 0 amide bonds. The van der Waals surface area contributed by atoms with Gasteiger partial charge in [-0.2, -0.15) is 0 Å². The summed E-state index contributed by atoms with van der Waals surface area (Å²) in [6.07, 6.45) is 10.1. The molecule has 1 heterocycles. The highest BCUT2D eigenvalue weighted by atomic mass is 15.4. The van der Waals surface area contributed by atoms with E-state index in [1.165, 1.54) is 62.7 Å². The number of aryl methyl sites for hydroxylation is 1. The Morgan fingerprint density at radius 2 is 1.74 bits per heavy atom. The Balaban J connectivity index is 1.48. The van der Waals surface area contributed by atoms with Gasteiger partial charge in [0.2, 0.25) is 0 Å². The quantitative estimate of drug-likeness (QED) is 0.847. The van der Waals surface area contributed by atoms with Crippen LogP contribution in [-0.4, -0.2) is 42.8 Å². The monoisotopic (exact) mass is 312 g/mol. The smallest absolute Gasteiger partial charge is 0.108 e. The highest BCUT2D eigenvalue weighted by molar-refractivity contribution is 5.50. The van der Waals surface area contributed by atoms with Crippen LogP contribution in [0, 0.1) is 6.92 Å². The maximum absolute atomic E-state index is 5.02. The first-order valence-electron chi connectivity index (χ1n) is 9.57. The van der Waals surface area contributed by atoms with Crippen molar-refractivity contribution in [3.05, 3.63) is 29.8 Å². The van der Waals surface area contributed by atoms with Gasteiger partial charge in [0.15, 0.2) is 0 Å². The summed E-state index contributed by atoms with van der Waals surface area (Å²) in [5.41, 5.74) is 2.71. The first-order valence-corrected chi connectivity index (χ1v) is 9.57. The third-order valence-electron chi connectivity index (χ3n) is 5.81. The number of nitrogens with zero attached hydrogens (tertiary/aromatic N) is 3. The molecule has 1 radical (unpaired) electrons. The van der Waals surface area contributed by atoms with Gasteiger partial charge in [0.05, 0.1) is 0 Å². The van der Waals surface area contributed by atoms with Gasteiger partial charge in [0, 0.05) is 37.4 Å². The molecule has 4 rings (SSSR count). The average Bonchev–Trinajstić information content (AvgIpc) is 3.43. The number of rotatable bonds is 4. The van der Waals surface area contributed by atoms with Crippen molar-refractivity contribution in [1.29, 1.82) is 0 Å². The van der Waals surface area contributed by atoms with Crippen molar-refractivity contribution in [2.45, 2.75) is 70.1 Å². The summed E-state index contributed by atoms with van der Waals surface area (Å²) >= 11 is 0. The Morgan fingerprint density at radius 1 is 1.00 bits per heavy atom. The van der Waals surface area contributed by atoms with E-state index in [2.05, 4.69) is 41.0 Å². The lowest BCUT2D eigenvalue weighted by Crippen LogP contribution is -2.58. The molecule has 0 aromatic heterocycles. The van der Waals surface area contributed by atoms with Crippen LogP contribution in [0.25, 0.3) is 0 Å². The highest BCUT2D eigenvalue weighted by Crippen LogP contribution is 2.34. The fourth-order valence-electron chi connectivity index (χ4n) is 4.34. The van der Waals surface area contributed by atoms with E-state index in [0.717, 1.165) is 25.2 Å². The van der Waals surface area contributed by atoms with E-state index in [1.54, 1.807) is 0 Å². The van der Waals surface area contributed by atoms with Crippen molar-refractivity contribution in [2.24, 2.45) is 0 Å². The largest absolute Gasteiger partial charge is 0.350 e. The summed E-state index contributed by atoms with van der Waals surface area (Å²) < 4.78 is 0. The second-order valence-corrected chi connectivity index (χ2v) is 7.65. The maximum Gasteiger partial charge on any atom is 0.108 e. The molecule has 2 aliphatic carbocycles. The van der Waals surface area contributed by atoms with Crippen molar-refractivity contribution in [3.8, 4) is 0 Å². The normalized spacial score (nSPS) is 27.1. The Bertz CT molecular complexity index is 502. The van der Waals surface area contributed by atoms with E-state index in [1.807, 2.05) is 0 Å². The zero-order chi connectivity index (χ0) is 15.6. The summed E-state index contributed by atoms with van der Waals surface area (Å²) in [4.78, 5) is 5.37. The molecule has 1 atom stereocenters. The van der Waals surface area contributed by atoms with Crippen molar-refractivity contribution in [1.82, 2.24) is 10.2 Å².